The molecule has 0 radical (unpaired) electrons. The van der Waals surface area contributed by atoms with E-state index in [0.717, 1.165) is 31.0 Å². The number of fused-ring (bicyclic) bond motifs is 1. The van der Waals surface area contributed by atoms with Gasteiger partial charge in [0, 0.05) is 32.2 Å². The van der Waals surface area contributed by atoms with Crippen molar-refractivity contribution in [3.8, 4) is 0 Å². The molecule has 3 aliphatic heterocycles. The van der Waals surface area contributed by atoms with Crippen LogP contribution in [0.1, 0.15) is 70.4 Å². The summed E-state index contributed by atoms with van der Waals surface area (Å²) in [5.74, 6) is 1.28. The molecule has 0 spiro atoms. The van der Waals surface area contributed by atoms with Crippen molar-refractivity contribution in [1.82, 2.24) is 34.4 Å². The first-order valence-corrected chi connectivity index (χ1v) is 21.5. The molecule has 0 amide bonds. The number of morpholine rings is 2. The Balaban J connectivity index is 0.000000198. The van der Waals surface area contributed by atoms with Gasteiger partial charge in [-0.15, -0.1) is 0 Å². The third-order valence-corrected chi connectivity index (χ3v) is 13.3. The number of nitrogen functional groups attached to an aromatic ring is 1. The number of nitrogens with one attached hydrogen (secondary N) is 1. The summed E-state index contributed by atoms with van der Waals surface area (Å²) >= 11 is 0. The highest BCUT2D eigenvalue weighted by atomic mass is 31.3. The van der Waals surface area contributed by atoms with Crippen LogP contribution in [0.15, 0.2) is 17.6 Å². The summed E-state index contributed by atoms with van der Waals surface area (Å²) in [4.78, 5) is 39.3. The Morgan fingerprint density at radius 3 is 2.23 bits per heavy atom. The first kappa shape index (κ1) is 40.3. The highest BCUT2D eigenvalue weighted by molar-refractivity contribution is 7.62. The van der Waals surface area contributed by atoms with Gasteiger partial charge in [0.2, 0.25) is 0 Å². The van der Waals surface area contributed by atoms with E-state index in [9.17, 15) is 29.1 Å². The Morgan fingerprint density at radius 1 is 0.906 bits per heavy atom. The van der Waals surface area contributed by atoms with E-state index in [4.69, 9.17) is 29.5 Å². The van der Waals surface area contributed by atoms with Crippen molar-refractivity contribution in [2.24, 2.45) is 4.99 Å². The van der Waals surface area contributed by atoms with Gasteiger partial charge in [0.25, 0.3) is 0 Å². The number of hydrogen-bond acceptors (Lipinski definition) is 14. The van der Waals surface area contributed by atoms with Crippen molar-refractivity contribution in [2.75, 3.05) is 64.9 Å². The molecule has 7 N–H and O–H groups in total. The number of nitrogens with two attached hydrogens (primary N) is 1. The molecular weight excluding hydrogens is 736 g/mol. The minimum atomic E-state index is -5.03. The summed E-state index contributed by atoms with van der Waals surface area (Å²) in [5, 5.41) is 24.5. The highest BCUT2D eigenvalue weighted by Crippen LogP contribution is 2.61. The lowest BCUT2D eigenvalue weighted by Crippen LogP contribution is -2.51. The second-order valence-corrected chi connectivity index (χ2v) is 17.3. The van der Waals surface area contributed by atoms with Gasteiger partial charge in [-0.05, 0) is 25.7 Å². The first-order chi connectivity index (χ1) is 25.5. The zero-order valence-electron chi connectivity index (χ0n) is 29.8. The SMILES string of the molecule is C1CCC(N=C(NC2CCCCC2)N2CCOCC2)CC1.Nc1ncnc2c1ncn2[C@@H]1O[C@H](COP(=O)(O)OP(=O)(O)N2CCOCC2)[C@@H](O)[C@H]1O. The Kier molecular flexibility index (Phi) is 14.1. The number of ether oxygens (including phenoxy) is 3. The van der Waals surface area contributed by atoms with Crippen molar-refractivity contribution in [3.05, 3.63) is 12.7 Å². The molecule has 3 saturated heterocycles. The molecule has 5 fully saturated rings. The van der Waals surface area contributed by atoms with Gasteiger partial charge in [0.15, 0.2) is 23.7 Å². The number of aliphatic imine (C=N–C) groups is 1. The lowest BCUT2D eigenvalue weighted by Gasteiger charge is -2.34. The predicted octanol–water partition coefficient (Wildman–Crippen LogP) is 1.52. The number of anilines is 1. The third kappa shape index (κ3) is 10.7. The average Bonchev–Trinajstić information content (AvgIpc) is 3.72. The molecule has 2 aromatic heterocycles. The highest BCUT2D eigenvalue weighted by Gasteiger charge is 2.47. The van der Waals surface area contributed by atoms with Gasteiger partial charge in [0.05, 0.1) is 45.4 Å². The van der Waals surface area contributed by atoms with Crippen LogP contribution in [-0.2, 0) is 32.2 Å². The van der Waals surface area contributed by atoms with E-state index in [1.54, 1.807) is 0 Å². The monoisotopic (exact) mass is 789 g/mol. The lowest BCUT2D eigenvalue weighted by molar-refractivity contribution is -0.0503. The molecule has 6 atom stereocenters. The van der Waals surface area contributed by atoms with E-state index in [1.807, 2.05) is 0 Å². The average molecular weight is 790 g/mol. The number of hydrogen-bond donors (Lipinski definition) is 6. The molecule has 2 aliphatic carbocycles. The number of guanidine groups is 1. The number of rotatable bonds is 9. The van der Waals surface area contributed by atoms with Crippen molar-refractivity contribution in [2.45, 2.75) is 101 Å². The smallest absolute Gasteiger partial charge is 0.387 e. The molecule has 2 saturated carbocycles. The van der Waals surface area contributed by atoms with E-state index in [2.05, 4.69) is 29.5 Å². The molecule has 20 nitrogen and oxygen atoms in total. The Bertz CT molecular complexity index is 1600. The largest absolute Gasteiger partial charge is 0.480 e. The Hall–Kier alpha value is -2.32. The van der Waals surface area contributed by atoms with Gasteiger partial charge >= 0.3 is 15.6 Å². The summed E-state index contributed by atoms with van der Waals surface area (Å²) in [6, 6.07) is 1.19. The third-order valence-electron chi connectivity index (χ3n) is 10.1. The van der Waals surface area contributed by atoms with E-state index < -0.39 is 46.7 Å². The normalized spacial score (nSPS) is 29.3. The van der Waals surface area contributed by atoms with Gasteiger partial charge in [-0.1, -0.05) is 38.5 Å². The lowest BCUT2D eigenvalue weighted by atomic mass is 9.95. The molecule has 53 heavy (non-hydrogen) atoms. The van der Waals surface area contributed by atoms with Crippen molar-refractivity contribution < 1.29 is 52.2 Å². The summed E-state index contributed by atoms with van der Waals surface area (Å²) in [5.41, 5.74) is 6.22. The standard InChI is InChI=1S/C17H31N3O.C14H22N6O10P2/c1-3-7-15(8-4-1)18-17(20-11-13-21-14-12-20)19-16-9-5-2-6-10-16;15-12-9-13(17-6-16-12)20(7-18-9)14-11(22)10(21)8(29-14)5-28-32(25,26)30-31(23,24)19-1-3-27-4-2-19/h15-16H,1-14H2,(H,18,19);6-8,10-11,14,21-22H,1-5H2,(H,23,24)(H,25,26)(H2,15,16,17)/t;8-,10-,11-,14-/m.1/s1. The maximum atomic E-state index is 12.3. The first-order valence-electron chi connectivity index (χ1n) is 18.5. The van der Waals surface area contributed by atoms with Crippen molar-refractivity contribution >= 4 is 38.5 Å². The van der Waals surface area contributed by atoms with Crippen LogP contribution in [0.25, 0.3) is 11.2 Å². The van der Waals surface area contributed by atoms with Crippen LogP contribution in [0.3, 0.4) is 0 Å². The molecule has 0 aromatic carbocycles. The Morgan fingerprint density at radius 2 is 1.55 bits per heavy atom. The van der Waals surface area contributed by atoms with Crippen LogP contribution in [0, 0.1) is 0 Å². The zero-order valence-corrected chi connectivity index (χ0v) is 31.6. The maximum absolute atomic E-state index is 12.3. The van der Waals surface area contributed by atoms with E-state index >= 15 is 0 Å². The van der Waals surface area contributed by atoms with Crippen LogP contribution < -0.4 is 11.1 Å². The summed E-state index contributed by atoms with van der Waals surface area (Å²) in [6.45, 7) is 3.31. The van der Waals surface area contributed by atoms with Gasteiger partial charge in [-0.25, -0.2) is 33.7 Å². The number of phosphoric ester groups is 1. The van der Waals surface area contributed by atoms with E-state index in [-0.39, 0.29) is 43.3 Å². The van der Waals surface area contributed by atoms with Crippen LogP contribution in [-0.4, -0.2) is 145 Å². The van der Waals surface area contributed by atoms with Gasteiger partial charge in [-0.2, -0.15) is 4.31 Å². The molecule has 5 heterocycles. The molecule has 298 valence electrons. The van der Waals surface area contributed by atoms with E-state index in [1.165, 1.54) is 87.4 Å². The predicted molar refractivity (Wildman–Crippen MR) is 191 cm³/mol. The molecular formula is C31H53N9O11P2. The van der Waals surface area contributed by atoms with Gasteiger partial charge in [0.1, 0.15) is 30.2 Å². The molecule has 0 bridgehead atoms. The number of phosphoric acid groups is 1. The number of aliphatic hydroxyl groups is 2. The van der Waals surface area contributed by atoms with Gasteiger partial charge in [-0.3, -0.25) is 9.09 Å². The molecule has 2 unspecified atom stereocenters. The second-order valence-electron chi connectivity index (χ2n) is 13.9. The number of imidazole rings is 1. The molecule has 22 heteroatoms. The number of aliphatic hydroxyl groups excluding tert-OH is 2. The minimum absolute atomic E-state index is 0.0268. The topological polar surface area (TPSA) is 262 Å². The zero-order chi connectivity index (χ0) is 37.4. The van der Waals surface area contributed by atoms with E-state index in [0.29, 0.717) is 12.1 Å². The van der Waals surface area contributed by atoms with Crippen LogP contribution in [0.4, 0.5) is 5.82 Å². The summed E-state index contributed by atoms with van der Waals surface area (Å²) < 4.78 is 52.2. The molecule has 5 aliphatic rings. The van der Waals surface area contributed by atoms with Gasteiger partial charge < -0.3 is 50.2 Å². The summed E-state index contributed by atoms with van der Waals surface area (Å²) in [7, 11) is -9.67. The van der Waals surface area contributed by atoms with Crippen molar-refractivity contribution in [1.29, 1.82) is 0 Å². The number of nitrogens with zero attached hydrogens (tertiary/aromatic N) is 7. The van der Waals surface area contributed by atoms with Crippen molar-refractivity contribution in [3.63, 3.8) is 0 Å². The Labute approximate surface area is 308 Å². The minimum Gasteiger partial charge on any atom is -0.387 e. The maximum Gasteiger partial charge on any atom is 0.480 e. The number of aromatic nitrogens is 4. The fourth-order valence-electron chi connectivity index (χ4n) is 7.13. The van der Waals surface area contributed by atoms with Crippen LogP contribution >= 0.6 is 15.6 Å². The quantitative estimate of drug-likeness (QED) is 0.120. The fourth-order valence-corrected chi connectivity index (χ4v) is 9.82. The van der Waals surface area contributed by atoms with Crippen LogP contribution in [0.5, 0.6) is 0 Å². The second kappa shape index (κ2) is 18.5. The van der Waals surface area contributed by atoms with Crippen LogP contribution in [0.2, 0.25) is 0 Å². The fraction of sp³-hybridized carbons (Fsp3) is 0.806. The molecule has 7 rings (SSSR count). The summed E-state index contributed by atoms with van der Waals surface area (Å²) in [6.07, 6.45) is 10.5. The molecule has 2 aromatic rings.